The van der Waals surface area contributed by atoms with Gasteiger partial charge in [-0.05, 0) is 43.7 Å². The highest BCUT2D eigenvalue weighted by molar-refractivity contribution is 8.01. The number of thioether (sulfide) groups is 1. The SMILES string of the molecule is Cc1c(Cl)cccc1NC(=O)[C@@H](C)OC(=O)C[C@@H]1Sc2ccccc2NC1=O. The van der Waals surface area contributed by atoms with Crippen molar-refractivity contribution in [2.45, 2.75) is 36.5 Å². The van der Waals surface area contributed by atoms with Gasteiger partial charge in [-0.25, -0.2) is 0 Å². The average Bonchev–Trinajstić information content (AvgIpc) is 2.66. The van der Waals surface area contributed by atoms with Crippen molar-refractivity contribution in [3.8, 4) is 0 Å². The zero-order valence-electron chi connectivity index (χ0n) is 15.3. The molecule has 1 aliphatic heterocycles. The summed E-state index contributed by atoms with van der Waals surface area (Å²) < 4.78 is 5.22. The van der Waals surface area contributed by atoms with E-state index in [2.05, 4.69) is 10.6 Å². The number of hydrogen-bond acceptors (Lipinski definition) is 5. The molecule has 6 nitrogen and oxygen atoms in total. The summed E-state index contributed by atoms with van der Waals surface area (Å²) in [4.78, 5) is 37.6. The normalized spacial score (nSPS) is 16.5. The van der Waals surface area contributed by atoms with Crippen LogP contribution in [0.25, 0.3) is 0 Å². The molecular weight excluding hydrogens is 400 g/mol. The van der Waals surface area contributed by atoms with E-state index in [4.69, 9.17) is 16.3 Å². The van der Waals surface area contributed by atoms with E-state index in [1.54, 1.807) is 31.2 Å². The third-order valence-electron chi connectivity index (χ3n) is 4.26. The van der Waals surface area contributed by atoms with Gasteiger partial charge in [-0.3, -0.25) is 14.4 Å². The molecule has 146 valence electrons. The molecule has 2 N–H and O–H groups in total. The second-order valence-corrected chi connectivity index (χ2v) is 7.98. The molecule has 0 radical (unpaired) electrons. The minimum atomic E-state index is -1.00. The third kappa shape index (κ3) is 4.66. The fourth-order valence-corrected chi connectivity index (χ4v) is 3.92. The Balaban J connectivity index is 1.56. The van der Waals surface area contributed by atoms with Crippen LogP contribution >= 0.6 is 23.4 Å². The number of ether oxygens (including phenoxy) is 1. The molecule has 1 aliphatic rings. The van der Waals surface area contributed by atoms with Crippen molar-refractivity contribution >= 4 is 52.5 Å². The van der Waals surface area contributed by atoms with Gasteiger partial charge in [0.2, 0.25) is 5.91 Å². The third-order valence-corrected chi connectivity index (χ3v) is 5.95. The number of esters is 1. The van der Waals surface area contributed by atoms with Gasteiger partial charge in [-0.2, -0.15) is 0 Å². The molecule has 3 rings (SSSR count). The highest BCUT2D eigenvalue weighted by Gasteiger charge is 2.30. The Morgan fingerprint density at radius 1 is 1.25 bits per heavy atom. The maximum Gasteiger partial charge on any atom is 0.308 e. The summed E-state index contributed by atoms with van der Waals surface area (Å²) in [5.74, 6) is -1.34. The van der Waals surface area contributed by atoms with E-state index in [0.717, 1.165) is 16.1 Å². The number of benzene rings is 2. The minimum Gasteiger partial charge on any atom is -0.452 e. The molecule has 0 saturated carbocycles. The van der Waals surface area contributed by atoms with Crippen LogP contribution in [0.4, 0.5) is 11.4 Å². The van der Waals surface area contributed by atoms with E-state index >= 15 is 0 Å². The fourth-order valence-electron chi connectivity index (χ4n) is 2.65. The van der Waals surface area contributed by atoms with Gasteiger partial charge in [0, 0.05) is 15.6 Å². The second-order valence-electron chi connectivity index (χ2n) is 6.33. The van der Waals surface area contributed by atoms with E-state index < -0.39 is 23.2 Å². The van der Waals surface area contributed by atoms with Crippen LogP contribution in [-0.2, 0) is 19.1 Å². The van der Waals surface area contributed by atoms with E-state index in [1.807, 2.05) is 18.2 Å². The van der Waals surface area contributed by atoms with Gasteiger partial charge in [0.1, 0.15) is 0 Å². The Bertz CT molecular complexity index is 934. The standard InChI is InChI=1S/C20H19ClN2O4S/c1-11-13(21)6-5-8-14(11)22-19(25)12(2)27-18(24)10-17-20(26)23-15-7-3-4-9-16(15)28-17/h3-9,12,17H,10H2,1-2H3,(H,22,25)(H,23,26)/t12-,17+/m1/s1. The Kier molecular flexibility index (Phi) is 6.26. The summed E-state index contributed by atoms with van der Waals surface area (Å²) >= 11 is 7.35. The van der Waals surface area contributed by atoms with Gasteiger partial charge >= 0.3 is 5.97 Å². The van der Waals surface area contributed by atoms with E-state index in [-0.39, 0.29) is 12.3 Å². The second kappa shape index (κ2) is 8.67. The number of carbonyl (C=O) groups excluding carboxylic acids is 3. The lowest BCUT2D eigenvalue weighted by Crippen LogP contribution is -2.34. The van der Waals surface area contributed by atoms with Crippen LogP contribution < -0.4 is 10.6 Å². The summed E-state index contributed by atoms with van der Waals surface area (Å²) in [6, 6.07) is 12.5. The summed E-state index contributed by atoms with van der Waals surface area (Å²) in [5.41, 5.74) is 2.01. The van der Waals surface area contributed by atoms with Crippen LogP contribution in [0.15, 0.2) is 47.4 Å². The van der Waals surface area contributed by atoms with Crippen LogP contribution in [0.2, 0.25) is 5.02 Å². The number of carbonyl (C=O) groups is 3. The minimum absolute atomic E-state index is 0.126. The number of hydrogen-bond donors (Lipinski definition) is 2. The van der Waals surface area contributed by atoms with Crippen LogP contribution in [0.1, 0.15) is 18.9 Å². The van der Waals surface area contributed by atoms with Crippen molar-refractivity contribution in [2.75, 3.05) is 10.6 Å². The first kappa shape index (κ1) is 20.2. The fraction of sp³-hybridized carbons (Fsp3) is 0.250. The lowest BCUT2D eigenvalue weighted by molar-refractivity contribution is -0.153. The highest BCUT2D eigenvalue weighted by Crippen LogP contribution is 2.36. The van der Waals surface area contributed by atoms with Gasteiger partial charge < -0.3 is 15.4 Å². The van der Waals surface area contributed by atoms with Crippen LogP contribution in [0.3, 0.4) is 0 Å². The molecule has 0 fully saturated rings. The lowest BCUT2D eigenvalue weighted by atomic mass is 10.2. The average molecular weight is 419 g/mol. The van der Waals surface area contributed by atoms with Gasteiger partial charge in [0.15, 0.2) is 6.10 Å². The molecule has 2 amide bonds. The molecule has 0 bridgehead atoms. The largest absolute Gasteiger partial charge is 0.452 e. The van der Waals surface area contributed by atoms with Crippen LogP contribution in [-0.4, -0.2) is 29.1 Å². The van der Waals surface area contributed by atoms with Crippen LogP contribution in [0.5, 0.6) is 0 Å². The molecule has 2 aromatic rings. The molecule has 2 atom stereocenters. The van der Waals surface area contributed by atoms with Crippen molar-refractivity contribution in [1.82, 2.24) is 0 Å². The number of fused-ring (bicyclic) bond motifs is 1. The Labute approximate surface area is 172 Å². The monoisotopic (exact) mass is 418 g/mol. The van der Waals surface area contributed by atoms with E-state index in [1.165, 1.54) is 18.7 Å². The number of anilines is 2. The van der Waals surface area contributed by atoms with Crippen molar-refractivity contribution in [1.29, 1.82) is 0 Å². The molecule has 2 aromatic carbocycles. The number of nitrogens with one attached hydrogen (secondary N) is 2. The Morgan fingerprint density at radius 2 is 2.00 bits per heavy atom. The van der Waals surface area contributed by atoms with Crippen LogP contribution in [0, 0.1) is 6.92 Å². The summed E-state index contributed by atoms with van der Waals surface area (Å²) in [5, 5.41) is 5.40. The lowest BCUT2D eigenvalue weighted by Gasteiger charge is -2.23. The quantitative estimate of drug-likeness (QED) is 0.716. The predicted octanol–water partition coefficient (Wildman–Crippen LogP) is 4.02. The van der Waals surface area contributed by atoms with Gasteiger partial charge in [0.05, 0.1) is 17.4 Å². The van der Waals surface area contributed by atoms with Gasteiger partial charge in [-0.15, -0.1) is 11.8 Å². The number of para-hydroxylation sites is 1. The molecular formula is C20H19ClN2O4S. The molecule has 0 spiro atoms. The first-order valence-electron chi connectivity index (χ1n) is 8.67. The predicted molar refractivity (Wildman–Crippen MR) is 110 cm³/mol. The molecule has 28 heavy (non-hydrogen) atoms. The topological polar surface area (TPSA) is 84.5 Å². The first-order chi connectivity index (χ1) is 13.3. The van der Waals surface area contributed by atoms with Crippen molar-refractivity contribution in [3.63, 3.8) is 0 Å². The zero-order chi connectivity index (χ0) is 20.3. The summed E-state index contributed by atoms with van der Waals surface area (Å²) in [6.45, 7) is 3.27. The first-order valence-corrected chi connectivity index (χ1v) is 9.93. The van der Waals surface area contributed by atoms with Crippen molar-refractivity contribution in [3.05, 3.63) is 53.1 Å². The van der Waals surface area contributed by atoms with Crippen molar-refractivity contribution < 1.29 is 19.1 Å². The molecule has 0 aromatic heterocycles. The smallest absolute Gasteiger partial charge is 0.308 e. The van der Waals surface area contributed by atoms with Gasteiger partial charge in [-0.1, -0.05) is 29.8 Å². The maximum atomic E-state index is 12.3. The van der Waals surface area contributed by atoms with E-state index in [9.17, 15) is 14.4 Å². The highest BCUT2D eigenvalue weighted by atomic mass is 35.5. The number of amides is 2. The number of rotatable bonds is 5. The Morgan fingerprint density at radius 3 is 2.79 bits per heavy atom. The molecule has 1 heterocycles. The van der Waals surface area contributed by atoms with E-state index in [0.29, 0.717) is 10.7 Å². The zero-order valence-corrected chi connectivity index (χ0v) is 16.9. The van der Waals surface area contributed by atoms with Gasteiger partial charge in [0.25, 0.3) is 5.91 Å². The van der Waals surface area contributed by atoms with Crippen molar-refractivity contribution in [2.24, 2.45) is 0 Å². The molecule has 0 saturated heterocycles. The maximum absolute atomic E-state index is 12.3. The molecule has 0 unspecified atom stereocenters. The summed E-state index contributed by atoms with van der Waals surface area (Å²) in [7, 11) is 0. The molecule has 8 heteroatoms. The Hall–Kier alpha value is -2.51. The number of halogens is 1. The summed E-state index contributed by atoms with van der Waals surface area (Å²) in [6.07, 6.45) is -1.13. The molecule has 0 aliphatic carbocycles.